The molecule has 0 spiro atoms. The molecule has 3 rings (SSSR count). The van der Waals surface area contributed by atoms with Gasteiger partial charge in [-0.25, -0.2) is 9.37 Å². The van der Waals surface area contributed by atoms with E-state index in [1.165, 1.54) is 18.2 Å². The Kier molecular flexibility index (Phi) is 5.87. The minimum absolute atomic E-state index is 0.142. The van der Waals surface area contributed by atoms with Gasteiger partial charge in [0.2, 0.25) is 5.91 Å². The van der Waals surface area contributed by atoms with Crippen LogP contribution in [0.5, 0.6) is 5.06 Å². The number of H-pyrrole nitrogens is 1. The van der Waals surface area contributed by atoms with Crippen molar-refractivity contribution in [2.45, 2.75) is 32.0 Å². The zero-order valence-corrected chi connectivity index (χ0v) is 15.6. The van der Waals surface area contributed by atoms with Crippen molar-refractivity contribution < 1.29 is 27.1 Å². The van der Waals surface area contributed by atoms with Crippen LogP contribution in [0, 0.1) is 5.82 Å². The number of carbonyl (C=O) groups excluding carboxylic acids is 1. The van der Waals surface area contributed by atoms with Crippen molar-refractivity contribution in [3.05, 3.63) is 46.9 Å². The molecule has 5 nitrogen and oxygen atoms in total. The van der Waals surface area contributed by atoms with Crippen LogP contribution in [0.25, 0.3) is 11.0 Å². The SMILES string of the molecule is CC(NC(=O)CCc1nc2ccc(F)cc2[nH]1)c1ccc(OCC(F)(F)F)s1. The molecule has 0 radical (unpaired) electrons. The number of aromatic nitrogens is 2. The number of fused-ring (bicyclic) bond motifs is 1. The van der Waals surface area contributed by atoms with E-state index < -0.39 is 12.8 Å². The number of benzene rings is 1. The fourth-order valence-electron chi connectivity index (χ4n) is 2.57. The fourth-order valence-corrected chi connectivity index (χ4v) is 3.43. The number of halogens is 4. The van der Waals surface area contributed by atoms with Gasteiger partial charge in [0, 0.05) is 17.7 Å². The van der Waals surface area contributed by atoms with Gasteiger partial charge in [0.25, 0.3) is 0 Å². The van der Waals surface area contributed by atoms with Crippen LogP contribution < -0.4 is 10.1 Å². The summed E-state index contributed by atoms with van der Waals surface area (Å²) in [5, 5.41) is 2.93. The van der Waals surface area contributed by atoms with Crippen molar-refractivity contribution in [2.75, 3.05) is 6.61 Å². The van der Waals surface area contributed by atoms with Gasteiger partial charge in [0.15, 0.2) is 11.7 Å². The maximum Gasteiger partial charge on any atom is 0.422 e. The topological polar surface area (TPSA) is 67.0 Å². The molecule has 3 aromatic rings. The smallest absolute Gasteiger partial charge is 0.422 e. The third-order valence-corrected chi connectivity index (χ3v) is 5.05. The molecule has 2 aromatic heterocycles. The lowest BCUT2D eigenvalue weighted by molar-refractivity contribution is -0.152. The van der Waals surface area contributed by atoms with Crippen molar-refractivity contribution >= 4 is 28.3 Å². The summed E-state index contributed by atoms with van der Waals surface area (Å²) < 4.78 is 54.5. The molecule has 2 N–H and O–H groups in total. The van der Waals surface area contributed by atoms with Gasteiger partial charge in [0.1, 0.15) is 11.6 Å². The second-order valence-electron chi connectivity index (χ2n) is 6.19. The summed E-state index contributed by atoms with van der Waals surface area (Å²) in [6.45, 7) is 0.385. The number of alkyl halides is 3. The van der Waals surface area contributed by atoms with Gasteiger partial charge < -0.3 is 15.0 Å². The molecule has 0 aliphatic rings. The number of nitrogens with one attached hydrogen (secondary N) is 2. The van der Waals surface area contributed by atoms with Crippen molar-refractivity contribution in [1.29, 1.82) is 0 Å². The van der Waals surface area contributed by atoms with Crippen LogP contribution in [0.3, 0.4) is 0 Å². The van der Waals surface area contributed by atoms with E-state index in [1.54, 1.807) is 19.1 Å². The number of imidazole rings is 1. The maximum atomic E-state index is 13.2. The molecule has 0 fully saturated rings. The molecule has 0 saturated heterocycles. The van der Waals surface area contributed by atoms with E-state index in [0.717, 1.165) is 11.3 Å². The highest BCUT2D eigenvalue weighted by Crippen LogP contribution is 2.30. The predicted molar refractivity (Wildman–Crippen MR) is 96.8 cm³/mol. The second-order valence-corrected chi connectivity index (χ2v) is 7.27. The Hall–Kier alpha value is -2.62. The number of amides is 1. The number of thiophene rings is 1. The van der Waals surface area contributed by atoms with Crippen LogP contribution in [0.4, 0.5) is 17.6 Å². The van der Waals surface area contributed by atoms with Gasteiger partial charge in [-0.1, -0.05) is 0 Å². The van der Waals surface area contributed by atoms with Crippen LogP contribution in [0.1, 0.15) is 30.1 Å². The van der Waals surface area contributed by atoms with E-state index in [-0.39, 0.29) is 29.3 Å². The number of rotatable bonds is 7. The van der Waals surface area contributed by atoms with Crippen molar-refractivity contribution in [3.63, 3.8) is 0 Å². The number of carbonyl (C=O) groups is 1. The van der Waals surface area contributed by atoms with E-state index in [0.29, 0.717) is 28.2 Å². The van der Waals surface area contributed by atoms with Gasteiger partial charge in [-0.2, -0.15) is 13.2 Å². The Morgan fingerprint density at radius 2 is 2.11 bits per heavy atom. The minimum atomic E-state index is -4.40. The van der Waals surface area contributed by atoms with Gasteiger partial charge in [-0.3, -0.25) is 4.79 Å². The monoisotopic (exact) mass is 415 g/mol. The summed E-state index contributed by atoms with van der Waals surface area (Å²) in [4.78, 5) is 20.1. The largest absolute Gasteiger partial charge is 0.475 e. The first-order valence-corrected chi connectivity index (χ1v) is 9.24. The lowest BCUT2D eigenvalue weighted by Gasteiger charge is -2.12. The summed E-state index contributed by atoms with van der Waals surface area (Å²) in [6.07, 6.45) is -3.89. The Labute approximate surface area is 161 Å². The molecule has 2 heterocycles. The number of aromatic amines is 1. The zero-order valence-electron chi connectivity index (χ0n) is 14.8. The molecule has 1 unspecified atom stereocenters. The molecule has 0 aliphatic heterocycles. The van der Waals surface area contributed by atoms with Crippen molar-refractivity contribution in [2.24, 2.45) is 0 Å². The fraction of sp³-hybridized carbons (Fsp3) is 0.333. The van der Waals surface area contributed by atoms with E-state index >= 15 is 0 Å². The third-order valence-electron chi connectivity index (χ3n) is 3.87. The van der Waals surface area contributed by atoms with Gasteiger partial charge in [0.05, 0.1) is 17.1 Å². The molecule has 1 aromatic carbocycles. The molecular weight excluding hydrogens is 398 g/mol. The maximum absolute atomic E-state index is 13.2. The van der Waals surface area contributed by atoms with Crippen molar-refractivity contribution in [3.8, 4) is 5.06 Å². The average Bonchev–Trinajstić information content (AvgIpc) is 3.23. The molecule has 10 heteroatoms. The Morgan fingerprint density at radius 1 is 1.32 bits per heavy atom. The lowest BCUT2D eigenvalue weighted by atomic mass is 10.2. The highest BCUT2D eigenvalue weighted by molar-refractivity contribution is 7.13. The Morgan fingerprint density at radius 3 is 2.86 bits per heavy atom. The second kappa shape index (κ2) is 8.17. The zero-order chi connectivity index (χ0) is 20.3. The Balaban J connectivity index is 1.50. The van der Waals surface area contributed by atoms with Crippen LogP contribution in [0.15, 0.2) is 30.3 Å². The first-order chi connectivity index (χ1) is 13.2. The van der Waals surface area contributed by atoms with Crippen LogP contribution in [-0.2, 0) is 11.2 Å². The Bertz CT molecular complexity index is 967. The highest BCUT2D eigenvalue weighted by atomic mass is 32.1. The number of aryl methyl sites for hydroxylation is 1. The molecule has 1 amide bonds. The summed E-state index contributed by atoms with van der Waals surface area (Å²) in [5.74, 6) is -0.0311. The van der Waals surface area contributed by atoms with Crippen molar-refractivity contribution in [1.82, 2.24) is 15.3 Å². The predicted octanol–water partition coefficient (Wildman–Crippen LogP) is 4.51. The van der Waals surface area contributed by atoms with E-state index in [4.69, 9.17) is 4.74 Å². The lowest BCUT2D eigenvalue weighted by Crippen LogP contribution is -2.26. The molecular formula is C18H17F4N3O2S. The first-order valence-electron chi connectivity index (χ1n) is 8.42. The first kappa shape index (κ1) is 20.1. The molecule has 28 heavy (non-hydrogen) atoms. The summed E-state index contributed by atoms with van der Waals surface area (Å²) in [7, 11) is 0. The molecule has 1 atom stereocenters. The minimum Gasteiger partial charge on any atom is -0.475 e. The van der Waals surface area contributed by atoms with Gasteiger partial charge in [-0.05, 0) is 37.3 Å². The third kappa shape index (κ3) is 5.44. The standard InChI is InChI=1S/C18H17F4N3O2S/c1-10(14-4-7-17(28-14)27-9-18(20,21)22)23-16(26)6-5-15-24-12-3-2-11(19)8-13(12)25-15/h2-4,7-8,10H,5-6,9H2,1H3,(H,23,26)(H,24,25). The quantitative estimate of drug-likeness (QED) is 0.558. The number of ether oxygens (including phenoxy) is 1. The molecule has 0 aliphatic carbocycles. The van der Waals surface area contributed by atoms with E-state index in [2.05, 4.69) is 15.3 Å². The summed E-state index contributed by atoms with van der Waals surface area (Å²) in [6, 6.07) is 6.91. The van der Waals surface area contributed by atoms with Crippen LogP contribution in [-0.4, -0.2) is 28.7 Å². The number of nitrogens with zero attached hydrogens (tertiary/aromatic N) is 1. The average molecular weight is 415 g/mol. The van der Waals surface area contributed by atoms with Crippen LogP contribution >= 0.6 is 11.3 Å². The van der Waals surface area contributed by atoms with Gasteiger partial charge >= 0.3 is 6.18 Å². The number of hydrogen-bond donors (Lipinski definition) is 2. The normalized spacial score (nSPS) is 12.9. The van der Waals surface area contributed by atoms with Gasteiger partial charge in [-0.15, -0.1) is 11.3 Å². The summed E-state index contributed by atoms with van der Waals surface area (Å²) >= 11 is 1.05. The van der Waals surface area contributed by atoms with E-state index in [1.807, 2.05) is 0 Å². The summed E-state index contributed by atoms with van der Waals surface area (Å²) in [5.41, 5.74) is 1.18. The molecule has 150 valence electrons. The molecule has 0 bridgehead atoms. The highest BCUT2D eigenvalue weighted by Gasteiger charge is 2.28. The molecule has 0 saturated carbocycles. The number of hydrogen-bond acceptors (Lipinski definition) is 4. The van der Waals surface area contributed by atoms with E-state index in [9.17, 15) is 22.4 Å². The van der Waals surface area contributed by atoms with Crippen LogP contribution in [0.2, 0.25) is 0 Å².